The summed E-state index contributed by atoms with van der Waals surface area (Å²) in [6.45, 7) is 0. The molecule has 0 saturated carbocycles. The van der Waals surface area contributed by atoms with Gasteiger partial charge in [0.15, 0.2) is 5.78 Å². The molecule has 1 atom stereocenters. The maximum Gasteiger partial charge on any atom is 0.237 e. The normalized spacial score (nSPS) is 11.6. The van der Waals surface area contributed by atoms with E-state index < -0.39 is 10.8 Å². The number of Topliss-reactive ketones (excluding diaryl/α,β-unsaturated/α-hetero) is 1. The van der Waals surface area contributed by atoms with Crippen LogP contribution in [0.4, 0.5) is 5.69 Å². The Balaban J connectivity index is 1.55. The molecule has 3 aromatic carbocycles. The maximum atomic E-state index is 12.3. The highest BCUT2D eigenvalue weighted by Crippen LogP contribution is 2.19. The van der Waals surface area contributed by atoms with E-state index in [4.69, 9.17) is 0 Å². The minimum atomic E-state index is -1.56. The van der Waals surface area contributed by atoms with Gasteiger partial charge in [0.1, 0.15) is 5.75 Å². The van der Waals surface area contributed by atoms with Crippen molar-refractivity contribution in [2.75, 3.05) is 16.8 Å². The third kappa shape index (κ3) is 5.46. The minimum Gasteiger partial charge on any atom is -0.325 e. The summed E-state index contributed by atoms with van der Waals surface area (Å²) in [5.41, 5.74) is 3.21. The van der Waals surface area contributed by atoms with Gasteiger partial charge >= 0.3 is 0 Å². The number of para-hydroxylation sites is 1. The van der Waals surface area contributed by atoms with Gasteiger partial charge < -0.3 is 5.32 Å². The molecule has 0 saturated heterocycles. The second-order valence-corrected chi connectivity index (χ2v) is 7.47. The second kappa shape index (κ2) is 9.05. The van der Waals surface area contributed by atoms with Gasteiger partial charge in [0.25, 0.3) is 0 Å². The fraction of sp³-hybridized carbons (Fsp3) is 0.0909. The summed E-state index contributed by atoms with van der Waals surface area (Å²) in [6.07, 6.45) is 0. The van der Waals surface area contributed by atoms with Crippen molar-refractivity contribution in [3.63, 3.8) is 0 Å². The summed E-state index contributed by atoms with van der Waals surface area (Å²) in [5.74, 6) is -0.984. The van der Waals surface area contributed by atoms with Crippen LogP contribution in [0.25, 0.3) is 11.1 Å². The van der Waals surface area contributed by atoms with E-state index in [-0.39, 0.29) is 23.2 Å². The van der Waals surface area contributed by atoms with Crippen molar-refractivity contribution >= 4 is 28.2 Å². The summed E-state index contributed by atoms with van der Waals surface area (Å²) in [4.78, 5) is 24.2. The Morgan fingerprint density at radius 3 is 1.89 bits per heavy atom. The molecule has 0 aliphatic heterocycles. The Kier molecular flexibility index (Phi) is 6.28. The van der Waals surface area contributed by atoms with Gasteiger partial charge in [-0.1, -0.05) is 72.8 Å². The molecule has 3 aromatic rings. The first kappa shape index (κ1) is 18.7. The Morgan fingerprint density at radius 2 is 1.26 bits per heavy atom. The molecule has 0 aromatic heterocycles. The van der Waals surface area contributed by atoms with Crippen molar-refractivity contribution < 1.29 is 13.8 Å². The fourth-order valence-electron chi connectivity index (χ4n) is 2.62. The number of nitrogens with one attached hydrogen (secondary N) is 1. The molecule has 0 heterocycles. The Labute approximate surface area is 160 Å². The van der Waals surface area contributed by atoms with Crippen LogP contribution >= 0.6 is 0 Å². The van der Waals surface area contributed by atoms with Crippen molar-refractivity contribution in [1.82, 2.24) is 0 Å². The molecule has 3 rings (SSSR count). The molecular formula is C22H19NO3S. The number of carbonyl (C=O) groups is 2. The summed E-state index contributed by atoms with van der Waals surface area (Å²) in [7, 11) is -1.56. The van der Waals surface area contributed by atoms with E-state index in [9.17, 15) is 13.8 Å². The van der Waals surface area contributed by atoms with Crippen LogP contribution in [-0.4, -0.2) is 27.4 Å². The van der Waals surface area contributed by atoms with Crippen molar-refractivity contribution in [2.24, 2.45) is 0 Å². The van der Waals surface area contributed by atoms with Gasteiger partial charge in [-0.05, 0) is 23.3 Å². The molecule has 0 radical (unpaired) electrons. The molecule has 0 aliphatic rings. The van der Waals surface area contributed by atoms with E-state index in [1.807, 2.05) is 48.5 Å². The van der Waals surface area contributed by atoms with Gasteiger partial charge in [-0.25, -0.2) is 0 Å². The van der Waals surface area contributed by atoms with Gasteiger partial charge in [0, 0.05) is 22.1 Å². The quantitative estimate of drug-likeness (QED) is 0.635. The highest BCUT2D eigenvalue weighted by molar-refractivity contribution is 7.86. The summed E-state index contributed by atoms with van der Waals surface area (Å²) in [6, 6.07) is 26.0. The van der Waals surface area contributed by atoms with Crippen LogP contribution in [0.1, 0.15) is 10.4 Å². The van der Waals surface area contributed by atoms with Crippen LogP contribution in [0.15, 0.2) is 84.9 Å². The first-order valence-corrected chi connectivity index (χ1v) is 9.99. The number of carbonyl (C=O) groups excluding carboxylic acids is 2. The molecule has 0 bridgehead atoms. The Hall–Kier alpha value is -3.05. The summed E-state index contributed by atoms with van der Waals surface area (Å²) in [5, 5.41) is 2.67. The van der Waals surface area contributed by atoms with Gasteiger partial charge in [0.05, 0.1) is 5.75 Å². The van der Waals surface area contributed by atoms with E-state index in [1.54, 1.807) is 36.4 Å². The van der Waals surface area contributed by atoms with Crippen LogP contribution in [0.5, 0.6) is 0 Å². The minimum absolute atomic E-state index is 0.174. The first-order chi connectivity index (χ1) is 13.1. The largest absolute Gasteiger partial charge is 0.325 e. The number of anilines is 1. The third-order valence-electron chi connectivity index (χ3n) is 3.96. The molecule has 0 fully saturated rings. The van der Waals surface area contributed by atoms with Crippen LogP contribution in [0.3, 0.4) is 0 Å². The highest BCUT2D eigenvalue weighted by Gasteiger charge is 2.14. The number of rotatable bonds is 7. The van der Waals surface area contributed by atoms with Gasteiger partial charge in [-0.3, -0.25) is 13.8 Å². The molecule has 0 aliphatic carbocycles. The lowest BCUT2D eigenvalue weighted by Crippen LogP contribution is -2.23. The van der Waals surface area contributed by atoms with Crippen molar-refractivity contribution in [3.8, 4) is 11.1 Å². The molecule has 1 unspecified atom stereocenters. The molecule has 27 heavy (non-hydrogen) atoms. The second-order valence-electron chi connectivity index (χ2n) is 6.01. The van der Waals surface area contributed by atoms with Gasteiger partial charge in [0.2, 0.25) is 5.91 Å². The van der Waals surface area contributed by atoms with E-state index in [0.717, 1.165) is 11.1 Å². The van der Waals surface area contributed by atoms with Crippen molar-refractivity contribution in [3.05, 3.63) is 90.5 Å². The molecule has 1 N–H and O–H groups in total. The molecule has 1 amide bonds. The average Bonchev–Trinajstić information content (AvgIpc) is 2.69. The van der Waals surface area contributed by atoms with Crippen LogP contribution in [-0.2, 0) is 15.6 Å². The van der Waals surface area contributed by atoms with E-state index in [0.29, 0.717) is 11.3 Å². The van der Waals surface area contributed by atoms with E-state index in [2.05, 4.69) is 5.32 Å². The number of amides is 1. The molecule has 4 nitrogen and oxygen atoms in total. The van der Waals surface area contributed by atoms with Crippen molar-refractivity contribution in [2.45, 2.75) is 0 Å². The standard InChI is InChI=1S/C22H19NO3S/c24-21(15-27(26)16-22(25)23-20-9-5-2-6-10-20)19-13-11-18(12-14-19)17-7-3-1-4-8-17/h1-14H,15-16H2,(H,23,25). The molecular weight excluding hydrogens is 358 g/mol. The lowest BCUT2D eigenvalue weighted by atomic mass is 10.0. The summed E-state index contributed by atoms with van der Waals surface area (Å²) < 4.78 is 12.1. The number of ketones is 1. The number of hydrogen-bond donors (Lipinski definition) is 1. The van der Waals surface area contributed by atoms with Crippen LogP contribution < -0.4 is 5.32 Å². The van der Waals surface area contributed by atoms with E-state index >= 15 is 0 Å². The SMILES string of the molecule is O=C(CS(=O)CC(=O)c1ccc(-c2ccccc2)cc1)Nc1ccccc1. The Bertz CT molecular complexity index is 938. The van der Waals surface area contributed by atoms with E-state index in [1.165, 1.54) is 0 Å². The maximum absolute atomic E-state index is 12.3. The van der Waals surface area contributed by atoms with Crippen molar-refractivity contribution in [1.29, 1.82) is 0 Å². The zero-order valence-electron chi connectivity index (χ0n) is 14.6. The monoisotopic (exact) mass is 377 g/mol. The van der Waals surface area contributed by atoms with Crippen LogP contribution in [0.2, 0.25) is 0 Å². The fourth-order valence-corrected chi connectivity index (χ4v) is 3.55. The van der Waals surface area contributed by atoms with Gasteiger partial charge in [-0.2, -0.15) is 0 Å². The predicted molar refractivity (Wildman–Crippen MR) is 109 cm³/mol. The third-order valence-corrected chi connectivity index (χ3v) is 5.12. The molecule has 5 heteroatoms. The lowest BCUT2D eigenvalue weighted by molar-refractivity contribution is -0.113. The molecule has 136 valence electrons. The zero-order chi connectivity index (χ0) is 19.1. The highest BCUT2D eigenvalue weighted by atomic mass is 32.2. The van der Waals surface area contributed by atoms with Crippen LogP contribution in [0, 0.1) is 0 Å². The number of hydrogen-bond acceptors (Lipinski definition) is 3. The predicted octanol–water partition coefficient (Wildman–Crippen LogP) is 3.92. The topological polar surface area (TPSA) is 63.2 Å². The lowest BCUT2D eigenvalue weighted by Gasteiger charge is -2.06. The summed E-state index contributed by atoms with van der Waals surface area (Å²) >= 11 is 0. The zero-order valence-corrected chi connectivity index (χ0v) is 15.4. The smallest absolute Gasteiger partial charge is 0.237 e. The average molecular weight is 377 g/mol. The first-order valence-electron chi connectivity index (χ1n) is 8.50. The van der Waals surface area contributed by atoms with Gasteiger partial charge in [-0.15, -0.1) is 0 Å². The molecule has 0 spiro atoms. The number of benzene rings is 3. The Morgan fingerprint density at radius 1 is 0.704 bits per heavy atom.